The average Bonchev–Trinajstić information content (AvgIpc) is 2.39. The molecule has 2 aliphatic rings. The number of amides is 1. The van der Waals surface area contributed by atoms with Crippen LogP contribution in [0.15, 0.2) is 29.2 Å². The van der Waals surface area contributed by atoms with Crippen molar-refractivity contribution in [1.29, 1.82) is 0 Å². The molecular formula is C15H16F3NO2S. The number of benzene rings is 1. The van der Waals surface area contributed by atoms with E-state index >= 15 is 0 Å². The fraction of sp³-hybridized carbons (Fsp3) is 0.533. The summed E-state index contributed by atoms with van der Waals surface area (Å²) in [5.41, 5.74) is -3.45. The fourth-order valence-corrected chi connectivity index (χ4v) is 4.32. The topological polar surface area (TPSA) is 43.4 Å². The van der Waals surface area contributed by atoms with Gasteiger partial charge in [0.2, 0.25) is 6.41 Å². The summed E-state index contributed by atoms with van der Waals surface area (Å²) < 4.78 is 48.3. The first-order valence-corrected chi connectivity index (χ1v) is 8.23. The average molecular weight is 331 g/mol. The standard InChI is InChI=1S/C15H16F3NO2S/c16-15(17,18)22(21)13-3-1-11(2-4-13)5-12-6-14(7-12)8-19(9-14)10-20/h1-4,10,12H,5-9H2. The highest BCUT2D eigenvalue weighted by Gasteiger charge is 2.51. The Kier molecular flexibility index (Phi) is 3.89. The zero-order valence-electron chi connectivity index (χ0n) is 11.8. The third-order valence-electron chi connectivity index (χ3n) is 4.54. The molecule has 0 N–H and O–H groups in total. The molecule has 1 aromatic carbocycles. The van der Waals surface area contributed by atoms with E-state index in [1.54, 1.807) is 17.0 Å². The molecule has 7 heteroatoms. The summed E-state index contributed by atoms with van der Waals surface area (Å²) in [4.78, 5) is 12.1. The Morgan fingerprint density at radius 1 is 1.27 bits per heavy atom. The Labute approximate surface area is 129 Å². The van der Waals surface area contributed by atoms with Gasteiger partial charge in [0, 0.05) is 18.5 Å². The van der Waals surface area contributed by atoms with E-state index in [-0.39, 0.29) is 4.90 Å². The monoisotopic (exact) mass is 331 g/mol. The van der Waals surface area contributed by atoms with Gasteiger partial charge < -0.3 is 9.45 Å². The van der Waals surface area contributed by atoms with Gasteiger partial charge in [0.15, 0.2) is 4.90 Å². The van der Waals surface area contributed by atoms with Gasteiger partial charge in [-0.05, 0) is 42.9 Å². The number of halogens is 3. The van der Waals surface area contributed by atoms with Crippen LogP contribution < -0.4 is 0 Å². The minimum absolute atomic E-state index is 0.207. The van der Waals surface area contributed by atoms with Crippen LogP contribution in [-0.2, 0) is 22.4 Å². The lowest BCUT2D eigenvalue weighted by Crippen LogP contribution is -2.61. The zero-order chi connectivity index (χ0) is 16.0. The maximum Gasteiger partial charge on any atom is 0.578 e. The number of hydrogen-bond donors (Lipinski definition) is 0. The molecule has 0 radical (unpaired) electrons. The summed E-state index contributed by atoms with van der Waals surface area (Å²) in [6.45, 7) is 1.66. The molecule has 1 saturated carbocycles. The molecular weight excluding hydrogens is 315 g/mol. The van der Waals surface area contributed by atoms with Crippen molar-refractivity contribution < 1.29 is 22.5 Å². The Balaban J connectivity index is 1.52. The highest BCUT2D eigenvalue weighted by molar-refractivity contribution is 7.92. The third-order valence-corrected chi connectivity index (χ3v) is 5.66. The first-order valence-electron chi connectivity index (χ1n) is 7.08. The van der Waals surface area contributed by atoms with Crippen LogP contribution in [0.4, 0.5) is 13.2 Å². The van der Waals surface area contributed by atoms with E-state index in [0.29, 0.717) is 11.3 Å². The Bertz CT molecular complexity index is 547. The summed E-state index contributed by atoms with van der Waals surface area (Å²) in [5.74, 6) is 0.521. The van der Waals surface area contributed by atoms with Crippen molar-refractivity contribution in [3.63, 3.8) is 0 Å². The second-order valence-electron chi connectivity index (χ2n) is 6.35. The first-order chi connectivity index (χ1) is 10.3. The van der Waals surface area contributed by atoms with Crippen LogP contribution in [0.2, 0.25) is 0 Å². The van der Waals surface area contributed by atoms with Gasteiger partial charge in [0.25, 0.3) is 0 Å². The van der Waals surface area contributed by atoms with E-state index in [4.69, 9.17) is 0 Å². The van der Waals surface area contributed by atoms with E-state index in [0.717, 1.165) is 44.3 Å². The molecule has 1 unspecified atom stereocenters. The lowest BCUT2D eigenvalue weighted by molar-refractivity contribution is -0.141. The number of hydrogen-bond acceptors (Lipinski definition) is 2. The molecule has 2 fully saturated rings. The molecule has 3 rings (SSSR count). The Morgan fingerprint density at radius 3 is 2.36 bits per heavy atom. The molecule has 1 aromatic rings. The summed E-state index contributed by atoms with van der Waals surface area (Å²) in [7, 11) is 0. The first kappa shape index (κ1) is 15.7. The molecule has 1 saturated heterocycles. The molecule has 1 atom stereocenters. The maximum absolute atomic E-state index is 12.4. The molecule has 1 spiro atoms. The Hall–Kier alpha value is -1.21. The van der Waals surface area contributed by atoms with Gasteiger partial charge in [-0.25, -0.2) is 0 Å². The largest absolute Gasteiger partial charge is 0.604 e. The highest BCUT2D eigenvalue weighted by Crippen LogP contribution is 2.52. The summed E-state index contributed by atoms with van der Waals surface area (Å²) in [5, 5.41) is 0. The number of carbonyl (C=O) groups is 1. The lowest BCUT2D eigenvalue weighted by atomic mass is 9.56. The smallest absolute Gasteiger partial charge is 0.578 e. The van der Waals surface area contributed by atoms with Crippen molar-refractivity contribution in [3.8, 4) is 0 Å². The van der Waals surface area contributed by atoms with Gasteiger partial charge >= 0.3 is 5.51 Å². The second-order valence-corrected chi connectivity index (χ2v) is 7.82. The summed E-state index contributed by atoms with van der Waals surface area (Å²) >= 11 is -2.96. The van der Waals surface area contributed by atoms with E-state index in [9.17, 15) is 22.5 Å². The molecule has 1 aliphatic heterocycles. The van der Waals surface area contributed by atoms with Crippen molar-refractivity contribution in [3.05, 3.63) is 29.8 Å². The van der Waals surface area contributed by atoms with Crippen LogP contribution in [0.1, 0.15) is 18.4 Å². The second kappa shape index (κ2) is 5.45. The SMILES string of the molecule is O=CN1CC2(CC(Cc3ccc([S+]([O-])C(F)(F)F)cc3)C2)C1. The maximum atomic E-state index is 12.4. The normalized spacial score (nSPS) is 22.1. The molecule has 120 valence electrons. The quantitative estimate of drug-likeness (QED) is 0.629. The number of carbonyl (C=O) groups excluding carboxylic acids is 1. The van der Waals surface area contributed by atoms with Crippen LogP contribution in [0, 0.1) is 11.3 Å². The van der Waals surface area contributed by atoms with Gasteiger partial charge in [-0.1, -0.05) is 12.1 Å². The summed E-state index contributed by atoms with van der Waals surface area (Å²) in [6, 6.07) is 5.85. The van der Waals surface area contributed by atoms with Crippen LogP contribution in [0.25, 0.3) is 0 Å². The van der Waals surface area contributed by atoms with Gasteiger partial charge in [-0.3, -0.25) is 4.79 Å². The van der Waals surface area contributed by atoms with Gasteiger partial charge in [-0.2, -0.15) is 0 Å². The van der Waals surface area contributed by atoms with Crippen LogP contribution in [0.3, 0.4) is 0 Å². The van der Waals surface area contributed by atoms with Gasteiger partial charge in [0.1, 0.15) is 0 Å². The van der Waals surface area contributed by atoms with Crippen molar-refractivity contribution >= 4 is 17.6 Å². The predicted octanol–water partition coefficient (Wildman–Crippen LogP) is 2.72. The molecule has 3 nitrogen and oxygen atoms in total. The van der Waals surface area contributed by atoms with Gasteiger partial charge in [-0.15, -0.1) is 13.2 Å². The third kappa shape index (κ3) is 2.96. The van der Waals surface area contributed by atoms with Crippen LogP contribution in [0.5, 0.6) is 0 Å². The Morgan fingerprint density at radius 2 is 1.86 bits per heavy atom. The van der Waals surface area contributed by atoms with Gasteiger partial charge in [0.05, 0.1) is 11.2 Å². The fourth-order valence-electron chi connectivity index (χ4n) is 3.67. The van der Waals surface area contributed by atoms with E-state index in [2.05, 4.69) is 0 Å². The number of nitrogens with zero attached hydrogens (tertiary/aromatic N) is 1. The zero-order valence-corrected chi connectivity index (χ0v) is 12.6. The highest BCUT2D eigenvalue weighted by atomic mass is 32.2. The minimum atomic E-state index is -4.71. The number of rotatable bonds is 4. The van der Waals surface area contributed by atoms with E-state index in [1.807, 2.05) is 0 Å². The predicted molar refractivity (Wildman–Crippen MR) is 75.4 cm³/mol. The number of likely N-dealkylation sites (tertiary alicyclic amines) is 1. The van der Waals surface area contributed by atoms with E-state index in [1.165, 1.54) is 12.1 Å². The van der Waals surface area contributed by atoms with Crippen molar-refractivity contribution in [1.82, 2.24) is 4.90 Å². The minimum Gasteiger partial charge on any atom is -0.604 e. The lowest BCUT2D eigenvalue weighted by Gasteiger charge is -2.58. The molecule has 1 aliphatic carbocycles. The molecule has 0 aromatic heterocycles. The van der Waals surface area contributed by atoms with E-state index < -0.39 is 16.7 Å². The van der Waals surface area contributed by atoms with Crippen LogP contribution in [-0.4, -0.2) is 34.5 Å². The van der Waals surface area contributed by atoms with Crippen molar-refractivity contribution in [2.75, 3.05) is 13.1 Å². The molecule has 22 heavy (non-hydrogen) atoms. The summed E-state index contributed by atoms with van der Waals surface area (Å²) in [6.07, 6.45) is 3.82. The van der Waals surface area contributed by atoms with Crippen molar-refractivity contribution in [2.45, 2.75) is 29.7 Å². The van der Waals surface area contributed by atoms with Crippen LogP contribution >= 0.6 is 0 Å². The molecule has 0 bridgehead atoms. The van der Waals surface area contributed by atoms with Crippen molar-refractivity contribution in [2.24, 2.45) is 11.3 Å². The molecule has 1 amide bonds. The molecule has 1 heterocycles. The number of alkyl halides is 3.